The van der Waals surface area contributed by atoms with Crippen molar-refractivity contribution in [2.24, 2.45) is 0 Å². The molecule has 3 saturated heterocycles. The van der Waals surface area contributed by atoms with Crippen LogP contribution < -0.4 is 0 Å². The van der Waals surface area contributed by atoms with Crippen molar-refractivity contribution in [1.82, 2.24) is 14.7 Å². The molecule has 1 spiro atoms. The highest BCUT2D eigenvalue weighted by Gasteiger charge is 2.44. The Bertz CT molecular complexity index is 563. The van der Waals surface area contributed by atoms with Crippen LogP contribution in [0, 0.1) is 5.82 Å². The summed E-state index contributed by atoms with van der Waals surface area (Å²) >= 11 is 0. The zero-order chi connectivity index (χ0) is 17.3. The fourth-order valence-corrected chi connectivity index (χ4v) is 4.56. The van der Waals surface area contributed by atoms with E-state index in [0.717, 1.165) is 39.1 Å². The van der Waals surface area contributed by atoms with Gasteiger partial charge >= 0.3 is 0 Å². The normalized spacial score (nSPS) is 28.6. The summed E-state index contributed by atoms with van der Waals surface area (Å²) in [6, 6.07) is 7.52. The summed E-state index contributed by atoms with van der Waals surface area (Å²) in [5.41, 5.74) is 1.30. The molecular formula is C20H30FN3O. The fourth-order valence-electron chi connectivity index (χ4n) is 4.56. The van der Waals surface area contributed by atoms with E-state index in [1.165, 1.54) is 38.2 Å². The molecule has 4 rings (SSSR count). The number of piperidine rings is 1. The monoisotopic (exact) mass is 347 g/mol. The Hall–Kier alpha value is -1.01. The molecule has 5 heteroatoms. The van der Waals surface area contributed by atoms with E-state index in [9.17, 15) is 4.39 Å². The van der Waals surface area contributed by atoms with E-state index in [0.29, 0.717) is 6.04 Å². The van der Waals surface area contributed by atoms with Crippen LogP contribution in [0.5, 0.6) is 0 Å². The number of ether oxygens (including phenoxy) is 1. The number of halogens is 1. The minimum atomic E-state index is -0.157. The number of rotatable bonds is 3. The minimum absolute atomic E-state index is 0.104. The predicted octanol–water partition coefficient (Wildman–Crippen LogP) is 2.20. The third kappa shape index (κ3) is 4.05. The molecule has 0 saturated carbocycles. The van der Waals surface area contributed by atoms with E-state index in [2.05, 4.69) is 21.7 Å². The summed E-state index contributed by atoms with van der Waals surface area (Å²) in [6.07, 6.45) is 3.44. The van der Waals surface area contributed by atoms with E-state index in [-0.39, 0.29) is 11.4 Å². The average molecular weight is 347 g/mol. The molecular weight excluding hydrogens is 317 g/mol. The van der Waals surface area contributed by atoms with Gasteiger partial charge in [0, 0.05) is 51.9 Å². The van der Waals surface area contributed by atoms with Gasteiger partial charge in [0.1, 0.15) is 5.82 Å². The first kappa shape index (κ1) is 17.4. The van der Waals surface area contributed by atoms with Gasteiger partial charge in [-0.15, -0.1) is 0 Å². The number of hydrogen-bond donors (Lipinski definition) is 0. The van der Waals surface area contributed by atoms with Crippen molar-refractivity contribution < 1.29 is 9.13 Å². The van der Waals surface area contributed by atoms with Gasteiger partial charge in [-0.05, 0) is 44.0 Å². The lowest BCUT2D eigenvalue weighted by atomic mass is 9.87. The number of hydrogen-bond acceptors (Lipinski definition) is 4. The molecule has 3 aliphatic rings. The summed E-state index contributed by atoms with van der Waals surface area (Å²) in [4.78, 5) is 7.53. The molecule has 0 aliphatic carbocycles. The molecule has 3 fully saturated rings. The molecule has 1 aromatic carbocycles. The number of likely N-dealkylation sites (N-methyl/N-ethyl adjacent to an activating group) is 1. The Labute approximate surface area is 150 Å². The lowest BCUT2D eigenvalue weighted by molar-refractivity contribution is -0.0454. The Morgan fingerprint density at radius 3 is 2.40 bits per heavy atom. The topological polar surface area (TPSA) is 19.0 Å². The molecule has 3 heterocycles. The summed E-state index contributed by atoms with van der Waals surface area (Å²) in [7, 11) is 2.21. The van der Waals surface area contributed by atoms with Crippen molar-refractivity contribution in [2.45, 2.75) is 37.5 Å². The lowest BCUT2D eigenvalue weighted by Crippen LogP contribution is -2.50. The second-order valence-electron chi connectivity index (χ2n) is 8.09. The summed E-state index contributed by atoms with van der Waals surface area (Å²) in [5.74, 6) is -0.157. The second-order valence-corrected chi connectivity index (χ2v) is 8.09. The van der Waals surface area contributed by atoms with Crippen LogP contribution in [-0.2, 0) is 11.3 Å². The minimum Gasteiger partial charge on any atom is -0.373 e. The molecule has 0 bridgehead atoms. The third-order valence-corrected chi connectivity index (χ3v) is 6.33. The molecule has 25 heavy (non-hydrogen) atoms. The van der Waals surface area contributed by atoms with Crippen molar-refractivity contribution >= 4 is 0 Å². The van der Waals surface area contributed by atoms with Gasteiger partial charge < -0.3 is 9.64 Å². The average Bonchev–Trinajstić information content (AvgIpc) is 3.04. The maximum atomic E-state index is 13.0. The van der Waals surface area contributed by atoms with Gasteiger partial charge in [-0.25, -0.2) is 4.39 Å². The van der Waals surface area contributed by atoms with Crippen molar-refractivity contribution in [1.29, 1.82) is 0 Å². The molecule has 0 aromatic heterocycles. The highest BCUT2D eigenvalue weighted by Crippen LogP contribution is 2.38. The van der Waals surface area contributed by atoms with E-state index in [1.54, 1.807) is 12.1 Å². The first-order chi connectivity index (χ1) is 12.1. The van der Waals surface area contributed by atoms with Crippen molar-refractivity contribution in [3.05, 3.63) is 35.6 Å². The zero-order valence-corrected chi connectivity index (χ0v) is 15.3. The fraction of sp³-hybridized carbons (Fsp3) is 0.700. The molecule has 4 nitrogen and oxygen atoms in total. The van der Waals surface area contributed by atoms with Gasteiger partial charge in [0.25, 0.3) is 0 Å². The largest absolute Gasteiger partial charge is 0.373 e. The summed E-state index contributed by atoms with van der Waals surface area (Å²) < 4.78 is 19.4. The SMILES string of the molecule is CN1CCN([C@H]2COC3(CCN(Cc4ccc(F)cc4)CC3)C2)CC1. The quantitative estimate of drug-likeness (QED) is 0.834. The predicted molar refractivity (Wildman–Crippen MR) is 97.1 cm³/mol. The van der Waals surface area contributed by atoms with Gasteiger partial charge in [0.2, 0.25) is 0 Å². The molecule has 138 valence electrons. The second kappa shape index (κ2) is 7.31. The van der Waals surface area contributed by atoms with Crippen LogP contribution in [-0.4, -0.2) is 79.3 Å². The van der Waals surface area contributed by atoms with E-state index < -0.39 is 0 Å². The van der Waals surface area contributed by atoms with Crippen LogP contribution in [0.25, 0.3) is 0 Å². The Morgan fingerprint density at radius 2 is 1.72 bits per heavy atom. The van der Waals surface area contributed by atoms with Gasteiger partial charge in [-0.3, -0.25) is 9.80 Å². The standard InChI is InChI=1S/C20H30FN3O/c1-22-10-12-24(13-11-22)19-14-20(25-16-19)6-8-23(9-7-20)15-17-2-4-18(21)5-3-17/h2-5,19H,6-16H2,1H3/t19-/m1/s1. The van der Waals surface area contributed by atoms with Crippen LogP contribution >= 0.6 is 0 Å². The molecule has 1 atom stereocenters. The van der Waals surface area contributed by atoms with Crippen molar-refractivity contribution in [3.63, 3.8) is 0 Å². The summed E-state index contributed by atoms with van der Waals surface area (Å²) in [5, 5.41) is 0. The third-order valence-electron chi connectivity index (χ3n) is 6.33. The van der Waals surface area contributed by atoms with E-state index in [1.807, 2.05) is 12.1 Å². The Balaban J connectivity index is 1.27. The van der Waals surface area contributed by atoms with Gasteiger partial charge in [-0.1, -0.05) is 12.1 Å². The number of nitrogens with zero attached hydrogens (tertiary/aromatic N) is 3. The number of piperazine rings is 1. The zero-order valence-electron chi connectivity index (χ0n) is 15.3. The molecule has 0 amide bonds. The first-order valence-corrected chi connectivity index (χ1v) is 9.65. The lowest BCUT2D eigenvalue weighted by Gasteiger charge is -2.40. The number of likely N-dealkylation sites (tertiary alicyclic amines) is 1. The van der Waals surface area contributed by atoms with Crippen LogP contribution in [0.2, 0.25) is 0 Å². The molecule has 0 N–H and O–H groups in total. The van der Waals surface area contributed by atoms with Crippen LogP contribution in [0.1, 0.15) is 24.8 Å². The highest BCUT2D eigenvalue weighted by molar-refractivity contribution is 5.16. The summed E-state index contributed by atoms with van der Waals surface area (Å²) in [6.45, 7) is 8.68. The maximum absolute atomic E-state index is 13.0. The molecule has 3 aliphatic heterocycles. The van der Waals surface area contributed by atoms with Crippen LogP contribution in [0.15, 0.2) is 24.3 Å². The molecule has 1 aromatic rings. The van der Waals surface area contributed by atoms with E-state index >= 15 is 0 Å². The van der Waals surface area contributed by atoms with Crippen molar-refractivity contribution in [3.8, 4) is 0 Å². The van der Waals surface area contributed by atoms with Crippen LogP contribution in [0.4, 0.5) is 4.39 Å². The first-order valence-electron chi connectivity index (χ1n) is 9.65. The molecule has 0 unspecified atom stereocenters. The van der Waals surface area contributed by atoms with Gasteiger partial charge in [0.05, 0.1) is 12.2 Å². The highest BCUT2D eigenvalue weighted by atomic mass is 19.1. The molecule has 0 radical (unpaired) electrons. The smallest absolute Gasteiger partial charge is 0.123 e. The van der Waals surface area contributed by atoms with Gasteiger partial charge in [0.15, 0.2) is 0 Å². The Kier molecular flexibility index (Phi) is 5.09. The van der Waals surface area contributed by atoms with Crippen molar-refractivity contribution in [2.75, 3.05) is 52.9 Å². The van der Waals surface area contributed by atoms with E-state index in [4.69, 9.17) is 4.74 Å². The van der Waals surface area contributed by atoms with Gasteiger partial charge in [-0.2, -0.15) is 0 Å². The van der Waals surface area contributed by atoms with Crippen LogP contribution in [0.3, 0.4) is 0 Å². The Morgan fingerprint density at radius 1 is 1.04 bits per heavy atom. The maximum Gasteiger partial charge on any atom is 0.123 e. The number of benzene rings is 1.